The summed E-state index contributed by atoms with van der Waals surface area (Å²) in [5.41, 5.74) is 1.57. The molecule has 0 aliphatic carbocycles. The van der Waals surface area contributed by atoms with E-state index in [9.17, 15) is 24.3 Å². The van der Waals surface area contributed by atoms with E-state index in [2.05, 4.69) is 26.9 Å². The molecule has 1 fully saturated rings. The molecule has 29 heavy (non-hydrogen) atoms. The smallest absolute Gasteiger partial charge is 0.352 e. The minimum Gasteiger partial charge on any atom is -0.479 e. The number of β-lactam (4-membered cyclic amide) rings is 1. The molecular formula is C16H14N4O7S2. The van der Waals surface area contributed by atoms with Crippen LogP contribution in [0.5, 0.6) is 0 Å². The highest BCUT2D eigenvalue weighted by Gasteiger charge is 2.54. The zero-order valence-corrected chi connectivity index (χ0v) is 16.2. The molecule has 152 valence electrons. The molecule has 0 aromatic carbocycles. The van der Waals surface area contributed by atoms with Gasteiger partial charge in [-0.1, -0.05) is 17.8 Å². The Morgan fingerprint density at radius 2 is 2.21 bits per heavy atom. The zero-order chi connectivity index (χ0) is 21.1. The molecule has 11 nitrogen and oxygen atoms in total. The normalized spacial score (nSPS) is 21.2. The molecule has 3 rings (SSSR count). The maximum absolute atomic E-state index is 12.6. The number of carbonyl (C=O) groups is 4. The molecular weight excluding hydrogens is 424 g/mol. The molecule has 0 spiro atoms. The minimum absolute atomic E-state index is 0.151. The summed E-state index contributed by atoms with van der Waals surface area (Å²) in [6.45, 7) is 2.81. The van der Waals surface area contributed by atoms with Crippen molar-refractivity contribution in [3.63, 3.8) is 0 Å². The molecule has 0 radical (unpaired) electrons. The monoisotopic (exact) mass is 438 g/mol. The van der Waals surface area contributed by atoms with Crippen LogP contribution in [-0.4, -0.2) is 73.3 Å². The number of nitrogens with zero attached hydrogens (tertiary/aromatic N) is 3. The second-order valence-corrected chi connectivity index (χ2v) is 7.55. The van der Waals surface area contributed by atoms with Crippen LogP contribution in [0.4, 0.5) is 0 Å². The summed E-state index contributed by atoms with van der Waals surface area (Å²) >= 11 is 2.47. The first-order valence-electron chi connectivity index (χ1n) is 7.99. The van der Waals surface area contributed by atoms with Crippen molar-refractivity contribution in [3.8, 4) is 0 Å². The Morgan fingerprint density at radius 3 is 2.79 bits per heavy atom. The molecule has 1 aromatic heterocycles. The van der Waals surface area contributed by atoms with Gasteiger partial charge in [0.15, 0.2) is 5.71 Å². The summed E-state index contributed by atoms with van der Waals surface area (Å²) in [7, 11) is 0. The predicted molar refractivity (Wildman–Crippen MR) is 102 cm³/mol. The fourth-order valence-corrected chi connectivity index (χ4v) is 4.57. The third-order valence-electron chi connectivity index (χ3n) is 3.97. The highest BCUT2D eigenvalue weighted by molar-refractivity contribution is 8.00. The number of aromatic nitrogens is 1. The minimum atomic E-state index is -1.28. The van der Waals surface area contributed by atoms with Crippen LogP contribution >= 0.6 is 23.1 Å². The Morgan fingerprint density at radius 1 is 1.45 bits per heavy atom. The first-order chi connectivity index (χ1) is 13.8. The number of thiazole rings is 1. The summed E-state index contributed by atoms with van der Waals surface area (Å²) in [5.74, 6) is -3.59. The molecule has 1 saturated heterocycles. The summed E-state index contributed by atoms with van der Waals surface area (Å²) in [4.78, 5) is 57.0. The van der Waals surface area contributed by atoms with Crippen LogP contribution in [0.3, 0.4) is 0 Å². The number of aliphatic carboxylic acids is 2. The number of carboxylic acid groups (broad SMARTS) is 2. The maximum atomic E-state index is 12.6. The van der Waals surface area contributed by atoms with Crippen LogP contribution in [0, 0.1) is 0 Å². The zero-order valence-electron chi connectivity index (χ0n) is 14.6. The summed E-state index contributed by atoms with van der Waals surface area (Å²) < 4.78 is 0. The lowest BCUT2D eigenvalue weighted by atomic mass is 10.0. The Balaban J connectivity index is 1.77. The number of fused-ring (bicyclic) bond motifs is 1. The van der Waals surface area contributed by atoms with Crippen LogP contribution in [0.2, 0.25) is 0 Å². The van der Waals surface area contributed by atoms with Crippen molar-refractivity contribution in [2.45, 2.75) is 11.4 Å². The number of hydrogen-bond donors (Lipinski definition) is 3. The fourth-order valence-electron chi connectivity index (χ4n) is 2.70. The first kappa shape index (κ1) is 20.5. The molecule has 2 amide bonds. The van der Waals surface area contributed by atoms with Gasteiger partial charge in [-0.2, -0.15) is 0 Å². The van der Waals surface area contributed by atoms with Gasteiger partial charge in [0, 0.05) is 11.1 Å². The van der Waals surface area contributed by atoms with Gasteiger partial charge < -0.3 is 20.4 Å². The van der Waals surface area contributed by atoms with Gasteiger partial charge in [-0.25, -0.2) is 14.6 Å². The lowest BCUT2D eigenvalue weighted by Crippen LogP contribution is -2.71. The second kappa shape index (κ2) is 8.45. The highest BCUT2D eigenvalue weighted by Crippen LogP contribution is 2.40. The largest absolute Gasteiger partial charge is 0.479 e. The molecule has 2 aliphatic rings. The lowest BCUT2D eigenvalue weighted by Gasteiger charge is -2.49. The van der Waals surface area contributed by atoms with E-state index < -0.39 is 41.8 Å². The van der Waals surface area contributed by atoms with Gasteiger partial charge in [0.25, 0.3) is 11.8 Å². The lowest BCUT2D eigenvalue weighted by molar-refractivity contribution is -0.150. The van der Waals surface area contributed by atoms with Crippen molar-refractivity contribution in [1.29, 1.82) is 0 Å². The number of oxime groups is 1. The molecule has 2 atom stereocenters. The standard InChI is InChI=1S/C16H14N4O7S2/c1-2-7-4-29-15-11(14(24)20(15)12(7)16(25)26)18-13(23)10(8-5-28-6-17-8)19-27-3-9(21)22/h2,5-6,11,15H,1,3-4H2,(H,18,23)(H,21,22)(H,25,26)/b19-10-/t11?,15-/m1/s1. The van der Waals surface area contributed by atoms with E-state index in [1.54, 1.807) is 0 Å². The van der Waals surface area contributed by atoms with Gasteiger partial charge in [0.1, 0.15) is 22.8 Å². The van der Waals surface area contributed by atoms with E-state index in [0.29, 0.717) is 11.3 Å². The highest BCUT2D eigenvalue weighted by atomic mass is 32.2. The van der Waals surface area contributed by atoms with E-state index in [-0.39, 0.29) is 17.1 Å². The molecule has 13 heteroatoms. The Bertz CT molecular complexity index is 941. The van der Waals surface area contributed by atoms with E-state index in [4.69, 9.17) is 5.11 Å². The van der Waals surface area contributed by atoms with Crippen LogP contribution in [0.15, 0.2) is 40.0 Å². The molecule has 1 unspecified atom stereocenters. The van der Waals surface area contributed by atoms with Crippen LogP contribution in [0.1, 0.15) is 5.69 Å². The Labute approximate surface area is 171 Å². The first-order valence-corrected chi connectivity index (χ1v) is 9.99. The van der Waals surface area contributed by atoms with Crippen molar-refractivity contribution in [1.82, 2.24) is 15.2 Å². The number of hydrogen-bond acceptors (Lipinski definition) is 9. The predicted octanol–water partition coefficient (Wildman–Crippen LogP) is -0.127. The van der Waals surface area contributed by atoms with Crippen molar-refractivity contribution >= 4 is 52.6 Å². The van der Waals surface area contributed by atoms with Crippen molar-refractivity contribution in [2.75, 3.05) is 12.4 Å². The molecule has 0 saturated carbocycles. The number of allylic oxidation sites excluding steroid dienone is 1. The summed E-state index contributed by atoms with van der Waals surface area (Å²) in [6.07, 6.45) is 1.39. The van der Waals surface area contributed by atoms with Gasteiger partial charge in [-0.15, -0.1) is 23.1 Å². The average molecular weight is 438 g/mol. The topological polar surface area (TPSA) is 158 Å². The molecule has 2 aliphatic heterocycles. The van der Waals surface area contributed by atoms with E-state index in [1.165, 1.54) is 40.1 Å². The summed E-state index contributed by atoms with van der Waals surface area (Å²) in [6, 6.07) is -0.975. The number of amides is 2. The number of carboxylic acids is 2. The summed E-state index contributed by atoms with van der Waals surface area (Å²) in [5, 5.41) is 25.0. The van der Waals surface area contributed by atoms with Crippen molar-refractivity contribution < 1.29 is 34.2 Å². The molecule has 3 heterocycles. The quantitative estimate of drug-likeness (QED) is 0.286. The Kier molecular flexibility index (Phi) is 5.98. The van der Waals surface area contributed by atoms with Crippen molar-refractivity contribution in [2.24, 2.45) is 5.16 Å². The average Bonchev–Trinajstić information content (AvgIpc) is 3.21. The third-order valence-corrected chi connectivity index (χ3v) is 5.86. The van der Waals surface area contributed by atoms with Crippen LogP contribution in [0.25, 0.3) is 0 Å². The molecule has 0 bridgehead atoms. The third kappa shape index (κ3) is 4.00. The van der Waals surface area contributed by atoms with Crippen LogP contribution in [-0.2, 0) is 24.0 Å². The Hall–Kier alpha value is -3.19. The van der Waals surface area contributed by atoms with Gasteiger partial charge >= 0.3 is 11.9 Å². The van der Waals surface area contributed by atoms with E-state index >= 15 is 0 Å². The number of carbonyl (C=O) groups excluding carboxylic acids is 2. The van der Waals surface area contributed by atoms with Gasteiger partial charge in [-0.3, -0.25) is 14.5 Å². The van der Waals surface area contributed by atoms with E-state index in [0.717, 1.165) is 4.90 Å². The number of thioether (sulfide) groups is 1. The van der Waals surface area contributed by atoms with Gasteiger partial charge in [0.2, 0.25) is 6.61 Å². The fraction of sp³-hybridized carbons (Fsp3) is 0.250. The molecule has 3 N–H and O–H groups in total. The van der Waals surface area contributed by atoms with Crippen LogP contribution < -0.4 is 5.32 Å². The second-order valence-electron chi connectivity index (χ2n) is 5.72. The number of nitrogens with one attached hydrogen (secondary N) is 1. The SMILES string of the molecule is C=CC1=C(C(=O)O)N2C(=O)C(NC(=O)/C(=N\OCC(=O)O)c3cscn3)[C@H]2SC1. The molecule has 1 aromatic rings. The van der Waals surface area contributed by atoms with E-state index in [1.807, 2.05) is 0 Å². The van der Waals surface area contributed by atoms with Gasteiger partial charge in [0.05, 0.1) is 5.51 Å². The maximum Gasteiger partial charge on any atom is 0.352 e. The van der Waals surface area contributed by atoms with Crippen molar-refractivity contribution in [3.05, 3.63) is 40.5 Å². The number of rotatable bonds is 8. The van der Waals surface area contributed by atoms with Gasteiger partial charge in [-0.05, 0) is 5.57 Å².